The van der Waals surface area contributed by atoms with Crippen molar-refractivity contribution in [1.29, 1.82) is 0 Å². The molecule has 2 aromatic carbocycles. The number of benzene rings is 2. The Balaban J connectivity index is 1.66. The van der Waals surface area contributed by atoms with Gasteiger partial charge < -0.3 is 36.4 Å². The molecule has 240 valence electrons. The molecular formula is C31H42BrN5O7. The minimum atomic E-state index is -0.876. The Labute approximate surface area is 266 Å². The minimum Gasteiger partial charge on any atom is -0.396 e. The van der Waals surface area contributed by atoms with E-state index in [0.29, 0.717) is 32.4 Å². The van der Waals surface area contributed by atoms with Gasteiger partial charge in [-0.2, -0.15) is 0 Å². The second-order valence-electron chi connectivity index (χ2n) is 10.1. The fraction of sp³-hybridized carbons (Fsp3) is 0.452. The molecule has 12 nitrogen and oxygen atoms in total. The Hall–Kier alpha value is -3.81. The predicted molar refractivity (Wildman–Crippen MR) is 168 cm³/mol. The highest BCUT2D eigenvalue weighted by molar-refractivity contribution is 9.09. The predicted octanol–water partition coefficient (Wildman–Crippen LogP) is 1.04. The normalized spacial score (nSPS) is 12.0. The number of rotatable bonds is 20. The van der Waals surface area contributed by atoms with Gasteiger partial charge in [0.15, 0.2) is 0 Å². The van der Waals surface area contributed by atoms with E-state index >= 15 is 0 Å². The summed E-state index contributed by atoms with van der Waals surface area (Å²) in [5.74, 6) is -2.22. The molecule has 6 N–H and O–H groups in total. The van der Waals surface area contributed by atoms with Crippen LogP contribution in [-0.4, -0.2) is 78.5 Å². The molecule has 0 aliphatic rings. The lowest BCUT2D eigenvalue weighted by Gasteiger charge is -2.19. The molecule has 0 fully saturated rings. The molecule has 5 amide bonds. The summed E-state index contributed by atoms with van der Waals surface area (Å²) in [6, 6.07) is 16.5. The maximum absolute atomic E-state index is 12.7. The van der Waals surface area contributed by atoms with Crippen molar-refractivity contribution in [2.45, 2.75) is 57.7 Å². The molecule has 0 heterocycles. The number of carbonyl (C=O) groups is 5. The van der Waals surface area contributed by atoms with Gasteiger partial charge in [-0.3, -0.25) is 24.0 Å². The van der Waals surface area contributed by atoms with E-state index in [1.54, 1.807) is 0 Å². The van der Waals surface area contributed by atoms with Crippen molar-refractivity contribution in [3.8, 4) is 0 Å². The van der Waals surface area contributed by atoms with Gasteiger partial charge in [0.25, 0.3) is 0 Å². The number of unbranched alkanes of at least 4 members (excludes halogenated alkanes) is 1. The highest BCUT2D eigenvalue weighted by atomic mass is 79.9. The first-order valence-corrected chi connectivity index (χ1v) is 15.6. The first-order chi connectivity index (χ1) is 21.2. The van der Waals surface area contributed by atoms with Gasteiger partial charge in [0.1, 0.15) is 18.8 Å². The monoisotopic (exact) mass is 675 g/mol. The number of aliphatic hydroxyl groups is 1. The average Bonchev–Trinajstić information content (AvgIpc) is 3.02. The first kappa shape index (κ1) is 36.4. The maximum atomic E-state index is 12.7. The summed E-state index contributed by atoms with van der Waals surface area (Å²) in [6.07, 6.45) is 2.23. The number of amides is 5. The van der Waals surface area contributed by atoms with E-state index in [-0.39, 0.29) is 37.5 Å². The van der Waals surface area contributed by atoms with Crippen LogP contribution in [-0.2, 0) is 41.7 Å². The van der Waals surface area contributed by atoms with E-state index < -0.39 is 35.7 Å². The molecule has 0 aromatic heterocycles. The first-order valence-electron chi connectivity index (χ1n) is 14.5. The molecule has 0 aliphatic heterocycles. The Bertz CT molecular complexity index is 1200. The van der Waals surface area contributed by atoms with E-state index in [9.17, 15) is 24.0 Å². The van der Waals surface area contributed by atoms with Crippen LogP contribution in [0.5, 0.6) is 0 Å². The summed E-state index contributed by atoms with van der Waals surface area (Å²) in [4.78, 5) is 60.6. The molecule has 2 rings (SSSR count). The van der Waals surface area contributed by atoms with E-state index in [4.69, 9.17) is 9.84 Å². The zero-order chi connectivity index (χ0) is 32.2. The van der Waals surface area contributed by atoms with Crippen LogP contribution in [0.2, 0.25) is 0 Å². The maximum Gasteiger partial charge on any atom is 0.244 e. The van der Waals surface area contributed by atoms with Crippen molar-refractivity contribution in [3.05, 3.63) is 71.3 Å². The van der Waals surface area contributed by atoms with Crippen molar-refractivity contribution < 1.29 is 33.8 Å². The van der Waals surface area contributed by atoms with Gasteiger partial charge >= 0.3 is 0 Å². The molecule has 2 atom stereocenters. The molecule has 0 aliphatic carbocycles. The van der Waals surface area contributed by atoms with Crippen LogP contribution in [0.4, 0.5) is 0 Å². The van der Waals surface area contributed by atoms with Crippen LogP contribution in [0.1, 0.15) is 49.3 Å². The van der Waals surface area contributed by atoms with Crippen LogP contribution in [0.15, 0.2) is 54.6 Å². The zero-order valence-corrected chi connectivity index (χ0v) is 26.5. The number of halogens is 1. The fourth-order valence-corrected chi connectivity index (χ4v) is 4.23. The number of carbonyl (C=O) groups excluding carboxylic acids is 5. The summed E-state index contributed by atoms with van der Waals surface area (Å²) in [6.45, 7) is 1.54. The summed E-state index contributed by atoms with van der Waals surface area (Å²) in [5.41, 5.74) is 3.38. The topological polar surface area (TPSA) is 175 Å². The third-order valence-corrected chi connectivity index (χ3v) is 6.95. The van der Waals surface area contributed by atoms with Crippen LogP contribution in [0.25, 0.3) is 0 Å². The molecule has 13 heteroatoms. The quantitative estimate of drug-likeness (QED) is 0.0690. The molecule has 0 radical (unpaired) electrons. The smallest absolute Gasteiger partial charge is 0.244 e. The summed E-state index contributed by atoms with van der Waals surface area (Å²) >= 11 is 3.04. The SMILES string of the molecule is CC(NC(=O)CNC(=O)C(CCCCNC(=O)CCO)NC(=O)CBr)C(=O)NCOCc1ccc(Cc2ccccc2)cc1. The lowest BCUT2D eigenvalue weighted by Crippen LogP contribution is -2.51. The van der Waals surface area contributed by atoms with Crippen molar-refractivity contribution in [3.63, 3.8) is 0 Å². The van der Waals surface area contributed by atoms with Crippen LogP contribution in [0, 0.1) is 0 Å². The molecule has 2 aromatic rings. The summed E-state index contributed by atoms with van der Waals surface area (Å²) in [7, 11) is 0. The molecule has 2 unspecified atom stereocenters. The molecule has 0 bridgehead atoms. The standard InChI is InChI=1S/C31H42BrN5O7/c1-22(30(42)35-21-44-20-25-12-10-24(11-13-25)17-23-7-3-2-4-8-23)36-29(41)19-34-31(43)26(37-28(40)18-32)9-5-6-15-33-27(39)14-16-38/h2-4,7-8,10-13,22,26,38H,5-6,9,14-21H2,1H3,(H,33,39)(H,34,43)(H,35,42)(H,36,41)(H,37,40). The lowest BCUT2D eigenvalue weighted by molar-refractivity contribution is -0.131. The number of nitrogens with one attached hydrogen (secondary N) is 5. The zero-order valence-electron chi connectivity index (χ0n) is 24.9. The minimum absolute atomic E-state index is 0.00581. The third kappa shape index (κ3) is 15.1. The average molecular weight is 677 g/mol. The van der Waals surface area contributed by atoms with Crippen molar-refractivity contribution in [1.82, 2.24) is 26.6 Å². The lowest BCUT2D eigenvalue weighted by atomic mass is 10.0. The summed E-state index contributed by atoms with van der Waals surface area (Å²) < 4.78 is 5.55. The number of hydrogen-bond donors (Lipinski definition) is 6. The van der Waals surface area contributed by atoms with Crippen LogP contribution < -0.4 is 26.6 Å². The summed E-state index contributed by atoms with van der Waals surface area (Å²) in [5, 5.41) is 21.6. The highest BCUT2D eigenvalue weighted by Crippen LogP contribution is 2.11. The van der Waals surface area contributed by atoms with Crippen molar-refractivity contribution >= 4 is 45.5 Å². The van der Waals surface area contributed by atoms with Gasteiger partial charge in [-0.15, -0.1) is 0 Å². The molecule has 0 saturated heterocycles. The van der Waals surface area contributed by atoms with Gasteiger partial charge in [-0.1, -0.05) is 70.5 Å². The number of alkyl halides is 1. The van der Waals surface area contributed by atoms with E-state index in [0.717, 1.165) is 12.0 Å². The number of aliphatic hydroxyl groups excluding tert-OH is 1. The molecule has 44 heavy (non-hydrogen) atoms. The molecular weight excluding hydrogens is 634 g/mol. The highest BCUT2D eigenvalue weighted by Gasteiger charge is 2.21. The van der Waals surface area contributed by atoms with Crippen molar-refractivity contribution in [2.24, 2.45) is 0 Å². The van der Waals surface area contributed by atoms with Crippen LogP contribution >= 0.6 is 15.9 Å². The Morgan fingerprint density at radius 2 is 1.48 bits per heavy atom. The largest absolute Gasteiger partial charge is 0.396 e. The van der Waals surface area contributed by atoms with Gasteiger partial charge in [-0.25, -0.2) is 0 Å². The molecule has 0 spiro atoms. The van der Waals surface area contributed by atoms with Gasteiger partial charge in [0.2, 0.25) is 29.5 Å². The second-order valence-corrected chi connectivity index (χ2v) is 10.7. The number of hydrogen-bond acceptors (Lipinski definition) is 7. The van der Waals surface area contributed by atoms with Crippen LogP contribution in [0.3, 0.4) is 0 Å². The van der Waals surface area contributed by atoms with Gasteiger partial charge in [0.05, 0.1) is 25.1 Å². The van der Waals surface area contributed by atoms with E-state index in [1.165, 1.54) is 18.1 Å². The second kappa shape index (κ2) is 21.0. The fourth-order valence-electron chi connectivity index (χ4n) is 4.07. The van der Waals surface area contributed by atoms with E-state index in [2.05, 4.69) is 54.6 Å². The number of ether oxygens (including phenoxy) is 1. The van der Waals surface area contributed by atoms with Gasteiger partial charge in [-0.05, 0) is 49.3 Å². The Kier molecular flexibility index (Phi) is 17.4. The third-order valence-electron chi connectivity index (χ3n) is 6.44. The van der Waals surface area contributed by atoms with Gasteiger partial charge in [0, 0.05) is 13.0 Å². The Morgan fingerprint density at radius 3 is 2.16 bits per heavy atom. The molecule has 0 saturated carbocycles. The Morgan fingerprint density at radius 1 is 0.795 bits per heavy atom. The van der Waals surface area contributed by atoms with E-state index in [1.807, 2.05) is 42.5 Å². The van der Waals surface area contributed by atoms with Crippen molar-refractivity contribution in [2.75, 3.05) is 31.8 Å².